The minimum absolute atomic E-state index is 0.170. The van der Waals surface area contributed by atoms with Gasteiger partial charge in [0.25, 0.3) is 0 Å². The molecule has 18 heavy (non-hydrogen) atoms. The van der Waals surface area contributed by atoms with E-state index in [4.69, 9.17) is 14.2 Å². The van der Waals surface area contributed by atoms with Gasteiger partial charge in [0.2, 0.25) is 0 Å². The zero-order chi connectivity index (χ0) is 12.2. The summed E-state index contributed by atoms with van der Waals surface area (Å²) in [7, 11) is 0. The average Bonchev–Trinajstić information content (AvgIpc) is 2.49. The molecule has 3 heterocycles. The number of morpholine rings is 1. The van der Waals surface area contributed by atoms with Gasteiger partial charge in [-0.3, -0.25) is 9.80 Å². The third-order valence-corrected chi connectivity index (χ3v) is 4.99. The van der Waals surface area contributed by atoms with Crippen molar-refractivity contribution in [3.05, 3.63) is 0 Å². The van der Waals surface area contributed by atoms with Gasteiger partial charge in [0.15, 0.2) is 0 Å². The maximum Gasteiger partial charge on any atom is 0.134 e. The highest BCUT2D eigenvalue weighted by atomic mass is 32.2. The third-order valence-electron chi connectivity index (χ3n) is 3.74. The molecule has 0 aromatic heterocycles. The van der Waals surface area contributed by atoms with Crippen molar-refractivity contribution in [2.24, 2.45) is 0 Å². The molecule has 0 saturated carbocycles. The van der Waals surface area contributed by atoms with Gasteiger partial charge in [0, 0.05) is 31.9 Å². The zero-order valence-corrected chi connectivity index (χ0v) is 11.6. The van der Waals surface area contributed by atoms with E-state index in [2.05, 4.69) is 21.6 Å². The second-order valence-electron chi connectivity index (χ2n) is 4.87. The van der Waals surface area contributed by atoms with Crippen molar-refractivity contribution in [3.8, 4) is 0 Å². The molecule has 0 aromatic carbocycles. The summed E-state index contributed by atoms with van der Waals surface area (Å²) >= 11 is 2.07. The smallest absolute Gasteiger partial charge is 0.134 e. The summed E-state index contributed by atoms with van der Waals surface area (Å²) in [4.78, 5) is 4.99. The molecule has 3 aliphatic rings. The van der Waals surface area contributed by atoms with E-state index in [9.17, 15) is 0 Å². The van der Waals surface area contributed by atoms with E-state index >= 15 is 0 Å². The molecule has 0 aliphatic carbocycles. The van der Waals surface area contributed by atoms with Crippen molar-refractivity contribution in [2.75, 3.05) is 65.0 Å². The largest absolute Gasteiger partial charge is 0.379 e. The van der Waals surface area contributed by atoms with Crippen LogP contribution in [0, 0.1) is 0 Å². The quantitative estimate of drug-likeness (QED) is 0.709. The lowest BCUT2D eigenvalue weighted by molar-refractivity contribution is -0.155. The zero-order valence-electron chi connectivity index (χ0n) is 10.8. The monoisotopic (exact) mass is 274 g/mol. The molecule has 6 heteroatoms. The van der Waals surface area contributed by atoms with Crippen molar-refractivity contribution in [1.29, 1.82) is 0 Å². The summed E-state index contributed by atoms with van der Waals surface area (Å²) < 4.78 is 16.7. The molecular weight excluding hydrogens is 252 g/mol. The van der Waals surface area contributed by atoms with Gasteiger partial charge in [-0.25, -0.2) is 0 Å². The van der Waals surface area contributed by atoms with Gasteiger partial charge in [-0.15, -0.1) is 11.8 Å². The molecule has 104 valence electrons. The lowest BCUT2D eigenvalue weighted by atomic mass is 10.3. The first-order chi connectivity index (χ1) is 8.93. The minimum Gasteiger partial charge on any atom is -0.379 e. The summed E-state index contributed by atoms with van der Waals surface area (Å²) in [6.45, 7) is 8.27. The first-order valence-electron chi connectivity index (χ1n) is 6.80. The van der Waals surface area contributed by atoms with Crippen molar-refractivity contribution < 1.29 is 14.2 Å². The Morgan fingerprint density at radius 1 is 0.889 bits per heavy atom. The average molecular weight is 274 g/mol. The highest BCUT2D eigenvalue weighted by molar-refractivity contribution is 7.99. The van der Waals surface area contributed by atoms with Crippen molar-refractivity contribution in [3.63, 3.8) is 0 Å². The molecule has 0 radical (unpaired) electrons. The van der Waals surface area contributed by atoms with Gasteiger partial charge in [0.05, 0.1) is 38.4 Å². The van der Waals surface area contributed by atoms with Gasteiger partial charge in [-0.05, 0) is 0 Å². The fourth-order valence-electron chi connectivity index (χ4n) is 2.68. The molecule has 3 rings (SSSR count). The van der Waals surface area contributed by atoms with Gasteiger partial charge in [-0.2, -0.15) is 0 Å². The molecule has 2 unspecified atom stereocenters. The van der Waals surface area contributed by atoms with E-state index in [0.717, 1.165) is 59.2 Å². The van der Waals surface area contributed by atoms with Crippen LogP contribution in [0.1, 0.15) is 0 Å². The van der Waals surface area contributed by atoms with E-state index in [-0.39, 0.29) is 6.23 Å². The number of hydrogen-bond acceptors (Lipinski definition) is 6. The standard InChI is InChI=1S/C12H22N2O3S/c1-4-15-5-2-13(1)12-9-14(3-8-18-12)11-10-16-6-7-17-11/h11-12H,1-10H2. The molecule has 0 N–H and O–H groups in total. The Kier molecular flexibility index (Phi) is 4.78. The first kappa shape index (κ1) is 13.1. The minimum atomic E-state index is 0.170. The van der Waals surface area contributed by atoms with Gasteiger partial charge >= 0.3 is 0 Å². The summed E-state index contributed by atoms with van der Waals surface area (Å²) in [5.74, 6) is 1.18. The fraction of sp³-hybridized carbons (Fsp3) is 1.00. The van der Waals surface area contributed by atoms with Gasteiger partial charge < -0.3 is 14.2 Å². The second-order valence-corrected chi connectivity index (χ2v) is 6.15. The molecule has 0 spiro atoms. The molecule has 3 aliphatic heterocycles. The van der Waals surface area contributed by atoms with Crippen molar-refractivity contribution in [2.45, 2.75) is 11.6 Å². The van der Waals surface area contributed by atoms with Crippen LogP contribution >= 0.6 is 11.8 Å². The highest BCUT2D eigenvalue weighted by Crippen LogP contribution is 2.25. The van der Waals surface area contributed by atoms with Crippen molar-refractivity contribution in [1.82, 2.24) is 9.80 Å². The van der Waals surface area contributed by atoms with Crippen LogP contribution in [0.3, 0.4) is 0 Å². The molecular formula is C12H22N2O3S. The maximum absolute atomic E-state index is 5.80. The number of thioether (sulfide) groups is 1. The number of nitrogens with zero attached hydrogens (tertiary/aromatic N) is 2. The lowest BCUT2D eigenvalue weighted by Gasteiger charge is -2.43. The normalized spacial score (nSPS) is 36.7. The third kappa shape index (κ3) is 3.18. The predicted molar refractivity (Wildman–Crippen MR) is 70.8 cm³/mol. The first-order valence-corrected chi connectivity index (χ1v) is 7.85. The SMILES string of the molecule is C1CN(C2CN(C3COCCO3)CCS2)CCO1. The predicted octanol–water partition coefficient (Wildman–Crippen LogP) is 0.0664. The molecule has 5 nitrogen and oxygen atoms in total. The van der Waals surface area contributed by atoms with E-state index in [1.54, 1.807) is 0 Å². The molecule has 0 bridgehead atoms. The maximum atomic E-state index is 5.80. The molecule has 2 atom stereocenters. The highest BCUT2D eigenvalue weighted by Gasteiger charge is 2.31. The van der Waals surface area contributed by atoms with E-state index in [1.165, 1.54) is 5.75 Å². The van der Waals surface area contributed by atoms with Crippen LogP contribution < -0.4 is 0 Å². The van der Waals surface area contributed by atoms with E-state index < -0.39 is 0 Å². The van der Waals surface area contributed by atoms with Gasteiger partial charge in [0.1, 0.15) is 6.23 Å². The topological polar surface area (TPSA) is 34.2 Å². The van der Waals surface area contributed by atoms with Crippen LogP contribution in [-0.2, 0) is 14.2 Å². The second kappa shape index (κ2) is 6.54. The summed E-state index contributed by atoms with van der Waals surface area (Å²) in [6, 6.07) is 0. The molecule has 0 amide bonds. The van der Waals surface area contributed by atoms with Crippen LogP contribution in [0.2, 0.25) is 0 Å². The molecule has 3 saturated heterocycles. The van der Waals surface area contributed by atoms with Crippen molar-refractivity contribution >= 4 is 11.8 Å². The lowest BCUT2D eigenvalue weighted by Crippen LogP contribution is -2.55. The number of rotatable bonds is 2. The molecule has 0 aromatic rings. The van der Waals surface area contributed by atoms with Gasteiger partial charge in [-0.1, -0.05) is 0 Å². The Labute approximate surface area is 113 Å². The Bertz CT molecular complexity index is 234. The van der Waals surface area contributed by atoms with E-state index in [0.29, 0.717) is 5.37 Å². The summed E-state index contributed by atoms with van der Waals surface area (Å²) in [5, 5.41) is 0.591. The van der Waals surface area contributed by atoms with Crippen LogP contribution in [-0.4, -0.2) is 86.4 Å². The number of ether oxygens (including phenoxy) is 3. The summed E-state index contributed by atoms with van der Waals surface area (Å²) in [5.41, 5.74) is 0. The van der Waals surface area contributed by atoms with Crippen LogP contribution in [0.5, 0.6) is 0 Å². The van der Waals surface area contributed by atoms with E-state index in [1.807, 2.05) is 0 Å². The Hall–Kier alpha value is 0.150. The molecule has 3 fully saturated rings. The number of hydrogen-bond donors (Lipinski definition) is 0. The van der Waals surface area contributed by atoms with Crippen LogP contribution in [0.25, 0.3) is 0 Å². The Balaban J connectivity index is 1.53. The van der Waals surface area contributed by atoms with Crippen LogP contribution in [0.4, 0.5) is 0 Å². The Morgan fingerprint density at radius 2 is 1.78 bits per heavy atom. The summed E-state index contributed by atoms with van der Waals surface area (Å²) in [6.07, 6.45) is 0.170. The fourth-order valence-corrected chi connectivity index (χ4v) is 4.02. The van der Waals surface area contributed by atoms with Crippen LogP contribution in [0.15, 0.2) is 0 Å². The Morgan fingerprint density at radius 3 is 2.56 bits per heavy atom.